The van der Waals surface area contributed by atoms with E-state index < -0.39 is 21.9 Å². The van der Waals surface area contributed by atoms with Crippen LogP contribution >= 0.6 is 22.9 Å². The molecule has 1 atom stereocenters. The summed E-state index contributed by atoms with van der Waals surface area (Å²) in [5.74, 6) is -1.39. The van der Waals surface area contributed by atoms with Gasteiger partial charge in [-0.3, -0.25) is 4.79 Å². The molecule has 35 heavy (non-hydrogen) atoms. The van der Waals surface area contributed by atoms with Crippen molar-refractivity contribution in [2.75, 3.05) is 25.0 Å². The number of halogens is 1. The Morgan fingerprint density at radius 3 is 2.54 bits per heavy atom. The quantitative estimate of drug-likeness (QED) is 0.418. The predicted molar refractivity (Wildman–Crippen MR) is 137 cm³/mol. The van der Waals surface area contributed by atoms with Gasteiger partial charge in [-0.25, -0.2) is 13.2 Å². The number of nitrogens with zero attached hydrogens (tertiary/aromatic N) is 1. The number of anilines is 1. The molecule has 0 saturated carbocycles. The molecule has 7 nitrogen and oxygen atoms in total. The third-order valence-corrected chi connectivity index (χ3v) is 9.01. The number of hydrogen-bond acceptors (Lipinski definition) is 6. The van der Waals surface area contributed by atoms with Crippen LogP contribution in [0.4, 0.5) is 5.69 Å². The maximum atomic E-state index is 13.2. The van der Waals surface area contributed by atoms with Crippen LogP contribution in [-0.2, 0) is 19.6 Å². The summed E-state index contributed by atoms with van der Waals surface area (Å²) in [5, 5.41) is 3.31. The predicted octanol–water partition coefficient (Wildman–Crippen LogP) is 5.28. The zero-order valence-electron chi connectivity index (χ0n) is 19.1. The zero-order chi connectivity index (χ0) is 25.0. The molecule has 1 amide bonds. The highest BCUT2D eigenvalue weighted by Crippen LogP contribution is 2.36. The summed E-state index contributed by atoms with van der Waals surface area (Å²) >= 11 is 7.14. The number of sulfonamides is 1. The average Bonchev–Trinajstić information content (AvgIpc) is 3.29. The van der Waals surface area contributed by atoms with E-state index in [1.165, 1.54) is 39.9 Å². The molecule has 0 spiro atoms. The first kappa shape index (κ1) is 25.4. The Balaban J connectivity index is 1.54. The van der Waals surface area contributed by atoms with E-state index in [1.807, 2.05) is 30.3 Å². The fourth-order valence-corrected chi connectivity index (χ4v) is 6.60. The Morgan fingerprint density at radius 2 is 1.86 bits per heavy atom. The monoisotopic (exact) mass is 532 g/mol. The van der Waals surface area contributed by atoms with Crippen LogP contribution in [0.2, 0.25) is 5.02 Å². The lowest BCUT2D eigenvalue weighted by molar-refractivity contribution is -0.120. The van der Waals surface area contributed by atoms with Crippen LogP contribution in [0.1, 0.15) is 29.4 Å². The molecule has 3 aromatic rings. The molecule has 4 rings (SSSR count). The number of esters is 1. The minimum Gasteiger partial charge on any atom is -0.462 e. The van der Waals surface area contributed by atoms with Gasteiger partial charge < -0.3 is 10.1 Å². The molecule has 2 heterocycles. The highest BCUT2D eigenvalue weighted by Gasteiger charge is 2.34. The first-order chi connectivity index (χ1) is 16.8. The van der Waals surface area contributed by atoms with Crippen LogP contribution in [0.3, 0.4) is 0 Å². The number of nitrogens with one attached hydrogen (secondary N) is 1. The van der Waals surface area contributed by atoms with Gasteiger partial charge in [0.25, 0.3) is 0 Å². The summed E-state index contributed by atoms with van der Waals surface area (Å²) in [4.78, 5) is 27.0. The summed E-state index contributed by atoms with van der Waals surface area (Å²) in [7, 11) is -3.76. The Morgan fingerprint density at radius 1 is 1.14 bits per heavy atom. The van der Waals surface area contributed by atoms with Gasteiger partial charge in [-0.15, -0.1) is 11.3 Å². The van der Waals surface area contributed by atoms with Crippen molar-refractivity contribution >= 4 is 50.5 Å². The molecule has 1 aliphatic rings. The molecule has 184 valence electrons. The largest absolute Gasteiger partial charge is 0.462 e. The second-order valence-corrected chi connectivity index (χ2v) is 11.5. The summed E-state index contributed by atoms with van der Waals surface area (Å²) in [6.07, 6.45) is 1.09. The van der Waals surface area contributed by atoms with E-state index in [2.05, 4.69) is 5.32 Å². The molecule has 1 N–H and O–H groups in total. The standard InChI is InChI=1S/C25H25ClN2O5S2/c1-2-33-25(30)23-21(15-22(34-23)17-7-4-3-5-8-17)27-24(29)18-9-6-14-28(16-18)35(31,32)20-12-10-19(26)11-13-20/h3-5,7-8,10-13,15,18H,2,6,9,14,16H2,1H3,(H,27,29). The second kappa shape index (κ2) is 10.9. The number of rotatable bonds is 7. The van der Waals surface area contributed by atoms with E-state index in [9.17, 15) is 18.0 Å². The molecule has 0 radical (unpaired) electrons. The maximum Gasteiger partial charge on any atom is 0.350 e. The normalized spacial score (nSPS) is 16.6. The van der Waals surface area contributed by atoms with Crippen LogP contribution in [0, 0.1) is 5.92 Å². The lowest BCUT2D eigenvalue weighted by Crippen LogP contribution is -2.43. The maximum absolute atomic E-state index is 13.2. The number of thiophene rings is 1. The Kier molecular flexibility index (Phi) is 7.91. The molecule has 1 unspecified atom stereocenters. The van der Waals surface area contributed by atoms with Gasteiger partial charge in [0, 0.05) is 23.0 Å². The Labute approximate surface area is 213 Å². The molecular formula is C25H25ClN2O5S2. The van der Waals surface area contributed by atoms with Crippen molar-refractivity contribution in [3.63, 3.8) is 0 Å². The van der Waals surface area contributed by atoms with Gasteiger partial charge in [-0.2, -0.15) is 4.31 Å². The molecule has 1 saturated heterocycles. The van der Waals surface area contributed by atoms with Crippen LogP contribution in [0.15, 0.2) is 65.6 Å². The fourth-order valence-electron chi connectivity index (χ4n) is 3.94. The molecule has 2 aromatic carbocycles. The number of hydrogen-bond donors (Lipinski definition) is 1. The number of benzene rings is 2. The topological polar surface area (TPSA) is 92.8 Å². The first-order valence-electron chi connectivity index (χ1n) is 11.2. The fraction of sp³-hybridized carbons (Fsp3) is 0.280. The molecule has 1 aliphatic heterocycles. The number of carbonyl (C=O) groups excluding carboxylic acids is 2. The number of piperidine rings is 1. The van der Waals surface area contributed by atoms with Crippen molar-refractivity contribution in [3.8, 4) is 10.4 Å². The highest BCUT2D eigenvalue weighted by atomic mass is 35.5. The van der Waals surface area contributed by atoms with Gasteiger partial charge in [0.1, 0.15) is 4.88 Å². The van der Waals surface area contributed by atoms with Crippen LogP contribution in [-0.4, -0.2) is 44.3 Å². The summed E-state index contributed by atoms with van der Waals surface area (Å²) < 4.78 is 32.7. The summed E-state index contributed by atoms with van der Waals surface area (Å²) in [6.45, 7) is 2.32. The van der Waals surface area contributed by atoms with Crippen molar-refractivity contribution in [1.82, 2.24) is 4.31 Å². The Hall–Kier alpha value is -2.72. The summed E-state index contributed by atoms with van der Waals surface area (Å²) in [5.41, 5.74) is 1.29. The Bertz CT molecular complexity index is 1310. The van der Waals surface area contributed by atoms with Gasteiger partial charge in [0.15, 0.2) is 0 Å². The SMILES string of the molecule is CCOC(=O)c1sc(-c2ccccc2)cc1NC(=O)C1CCCN(S(=O)(=O)c2ccc(Cl)cc2)C1. The van der Waals surface area contributed by atoms with Gasteiger partial charge in [0.05, 0.1) is 23.1 Å². The van der Waals surface area contributed by atoms with E-state index >= 15 is 0 Å². The first-order valence-corrected chi connectivity index (χ1v) is 13.9. The van der Waals surface area contributed by atoms with Crippen molar-refractivity contribution < 1.29 is 22.7 Å². The van der Waals surface area contributed by atoms with E-state index in [1.54, 1.807) is 13.0 Å². The molecule has 10 heteroatoms. The lowest BCUT2D eigenvalue weighted by Gasteiger charge is -2.31. The average molecular weight is 533 g/mol. The molecule has 0 bridgehead atoms. The van der Waals surface area contributed by atoms with Gasteiger partial charge in [0.2, 0.25) is 15.9 Å². The lowest BCUT2D eigenvalue weighted by atomic mass is 9.98. The minimum atomic E-state index is -3.76. The second-order valence-electron chi connectivity index (χ2n) is 8.09. The molecule has 0 aliphatic carbocycles. The van der Waals surface area contributed by atoms with E-state index in [-0.39, 0.29) is 24.0 Å². The number of carbonyl (C=O) groups is 2. The molecule has 1 aromatic heterocycles. The van der Waals surface area contributed by atoms with Crippen LogP contribution in [0.5, 0.6) is 0 Å². The van der Waals surface area contributed by atoms with Crippen molar-refractivity contribution in [1.29, 1.82) is 0 Å². The smallest absolute Gasteiger partial charge is 0.350 e. The van der Waals surface area contributed by atoms with E-state index in [0.29, 0.717) is 35.0 Å². The number of ether oxygens (including phenoxy) is 1. The van der Waals surface area contributed by atoms with Crippen LogP contribution < -0.4 is 5.32 Å². The highest BCUT2D eigenvalue weighted by molar-refractivity contribution is 7.89. The van der Waals surface area contributed by atoms with Gasteiger partial charge >= 0.3 is 5.97 Å². The van der Waals surface area contributed by atoms with Gasteiger partial charge in [-0.05, 0) is 55.7 Å². The molecular weight excluding hydrogens is 508 g/mol. The van der Waals surface area contributed by atoms with Crippen molar-refractivity contribution in [2.45, 2.75) is 24.7 Å². The van der Waals surface area contributed by atoms with E-state index in [4.69, 9.17) is 16.3 Å². The minimum absolute atomic E-state index is 0.0568. The van der Waals surface area contributed by atoms with Gasteiger partial charge in [-0.1, -0.05) is 41.9 Å². The third kappa shape index (κ3) is 5.75. The van der Waals surface area contributed by atoms with Crippen molar-refractivity contribution in [2.24, 2.45) is 5.92 Å². The van der Waals surface area contributed by atoms with Crippen LogP contribution in [0.25, 0.3) is 10.4 Å². The van der Waals surface area contributed by atoms with E-state index in [0.717, 1.165) is 10.4 Å². The number of amides is 1. The third-order valence-electron chi connectivity index (χ3n) is 5.72. The zero-order valence-corrected chi connectivity index (χ0v) is 21.5. The molecule has 1 fully saturated rings. The summed E-state index contributed by atoms with van der Waals surface area (Å²) in [6, 6.07) is 17.3. The van der Waals surface area contributed by atoms with Crippen molar-refractivity contribution in [3.05, 3.63) is 70.6 Å².